The molecule has 3 aliphatic carbocycles. The van der Waals surface area contributed by atoms with Crippen LogP contribution >= 0.6 is 11.3 Å². The third-order valence-electron chi connectivity index (χ3n) is 11.2. The third-order valence-corrected chi connectivity index (χ3v) is 12.3. The van der Waals surface area contributed by atoms with E-state index in [-0.39, 0.29) is 0 Å². The van der Waals surface area contributed by atoms with Gasteiger partial charge in [-0.15, -0.1) is 11.3 Å². The molecule has 6 aromatic carbocycles. The van der Waals surface area contributed by atoms with Crippen LogP contribution in [0.4, 0.5) is 0 Å². The number of hydrogen-bond acceptors (Lipinski definition) is 2. The zero-order valence-corrected chi connectivity index (χ0v) is 28.6. The summed E-state index contributed by atoms with van der Waals surface area (Å²) >= 11 is 1.88. The summed E-state index contributed by atoms with van der Waals surface area (Å²) in [6, 6.07) is 34.6. The van der Waals surface area contributed by atoms with Gasteiger partial charge >= 0.3 is 0 Å². The van der Waals surface area contributed by atoms with Gasteiger partial charge in [-0.2, -0.15) is 0 Å². The Bertz CT molecular complexity index is 2980. The van der Waals surface area contributed by atoms with Gasteiger partial charge in [-0.25, -0.2) is 0 Å². The van der Waals surface area contributed by atoms with Gasteiger partial charge < -0.3 is 4.42 Å². The van der Waals surface area contributed by atoms with Gasteiger partial charge in [-0.1, -0.05) is 91.1 Å². The van der Waals surface area contributed by atoms with Crippen LogP contribution in [0.1, 0.15) is 49.0 Å². The van der Waals surface area contributed by atoms with Crippen molar-refractivity contribution in [3.05, 3.63) is 143 Å². The van der Waals surface area contributed by atoms with Crippen molar-refractivity contribution in [3.8, 4) is 22.3 Å². The molecule has 0 fully saturated rings. The van der Waals surface area contributed by atoms with Crippen LogP contribution in [0.3, 0.4) is 0 Å². The highest BCUT2D eigenvalue weighted by Gasteiger charge is 2.20. The maximum atomic E-state index is 6.40. The van der Waals surface area contributed by atoms with Gasteiger partial charge in [0.1, 0.15) is 11.3 Å². The number of allylic oxidation sites excluding steroid dienone is 5. The summed E-state index contributed by atoms with van der Waals surface area (Å²) in [4.78, 5) is 0. The lowest BCUT2D eigenvalue weighted by Crippen LogP contribution is -2.33. The first-order chi connectivity index (χ1) is 24.8. The van der Waals surface area contributed by atoms with Crippen LogP contribution in [-0.4, -0.2) is 0 Å². The zero-order valence-electron chi connectivity index (χ0n) is 27.8. The number of thiophene rings is 1. The van der Waals surface area contributed by atoms with Crippen LogP contribution in [0.2, 0.25) is 0 Å². The van der Waals surface area contributed by atoms with Gasteiger partial charge in [-0.05, 0) is 146 Å². The lowest BCUT2D eigenvalue weighted by molar-refractivity contribution is 0.596. The molecular weight excluding hydrogens is 625 g/mol. The van der Waals surface area contributed by atoms with Crippen molar-refractivity contribution in [2.45, 2.75) is 38.5 Å². The lowest BCUT2D eigenvalue weighted by Gasteiger charge is -2.20. The lowest BCUT2D eigenvalue weighted by atomic mass is 9.84. The summed E-state index contributed by atoms with van der Waals surface area (Å²) in [6.07, 6.45) is 22.7. The van der Waals surface area contributed by atoms with E-state index in [2.05, 4.69) is 134 Å². The fourth-order valence-corrected chi connectivity index (χ4v) is 10.0. The Hall–Kier alpha value is -5.44. The highest BCUT2D eigenvalue weighted by Crippen LogP contribution is 2.43. The van der Waals surface area contributed by atoms with Crippen LogP contribution in [0.25, 0.3) is 98.7 Å². The van der Waals surface area contributed by atoms with E-state index in [1.165, 1.54) is 96.5 Å². The van der Waals surface area contributed by atoms with E-state index in [9.17, 15) is 0 Å². The van der Waals surface area contributed by atoms with E-state index >= 15 is 0 Å². The molecule has 0 N–H and O–H groups in total. The van der Waals surface area contributed by atoms with E-state index in [1.54, 1.807) is 0 Å². The standard InChI is InChI=1S/C48H34OS/c1-2-11-29(12-3-1)46-35-16-4-6-18-37(35)47(38-19-7-5-17-36(38)46)33-14-10-13-30(25-33)31-21-23-44-41(26-31)48-39-28-43-40(27-32(39)22-24-45(48)50-44)34-15-8-9-20-42(34)49-43/h1-2,4,6,9-11,13-14,16-28H,3,5,7-8,12,15H2. The smallest absolute Gasteiger partial charge is 0.135 e. The molecular formula is C48H34OS. The molecule has 3 aliphatic rings. The number of benzene rings is 6. The molecule has 0 unspecified atom stereocenters. The fourth-order valence-electron chi connectivity index (χ4n) is 8.93. The van der Waals surface area contributed by atoms with Crippen LogP contribution < -0.4 is 10.4 Å². The molecule has 8 aromatic rings. The molecule has 2 aromatic heterocycles. The number of fused-ring (bicyclic) bond motifs is 10. The molecule has 0 saturated heterocycles. The van der Waals surface area contributed by atoms with E-state index in [0.29, 0.717) is 0 Å². The molecule has 0 amide bonds. The van der Waals surface area contributed by atoms with Crippen molar-refractivity contribution in [3.63, 3.8) is 0 Å². The summed E-state index contributed by atoms with van der Waals surface area (Å²) < 4.78 is 9.04. The summed E-state index contributed by atoms with van der Waals surface area (Å²) in [5.41, 5.74) is 10.4. The van der Waals surface area contributed by atoms with Gasteiger partial charge in [0, 0.05) is 31.1 Å². The first kappa shape index (κ1) is 28.4. The molecule has 0 aliphatic heterocycles. The second-order valence-electron chi connectivity index (χ2n) is 14.1. The van der Waals surface area contributed by atoms with E-state index in [1.807, 2.05) is 11.3 Å². The highest BCUT2D eigenvalue weighted by molar-refractivity contribution is 7.26. The Balaban J connectivity index is 1.11. The Morgan fingerprint density at radius 1 is 0.560 bits per heavy atom. The first-order valence-electron chi connectivity index (χ1n) is 18.0. The maximum absolute atomic E-state index is 6.40. The van der Waals surface area contributed by atoms with Crippen molar-refractivity contribution in [1.82, 2.24) is 0 Å². The van der Waals surface area contributed by atoms with Crippen molar-refractivity contribution in [2.75, 3.05) is 0 Å². The van der Waals surface area contributed by atoms with E-state index < -0.39 is 0 Å². The largest absolute Gasteiger partial charge is 0.456 e. The van der Waals surface area contributed by atoms with Crippen LogP contribution in [0, 0.1) is 0 Å². The Labute approximate surface area is 294 Å². The zero-order chi connectivity index (χ0) is 32.8. The topological polar surface area (TPSA) is 13.1 Å². The van der Waals surface area contributed by atoms with Crippen molar-refractivity contribution < 1.29 is 4.42 Å². The molecule has 0 spiro atoms. The predicted octanol–water partition coefficient (Wildman–Crippen LogP) is 12.5. The summed E-state index contributed by atoms with van der Waals surface area (Å²) in [5, 5.41) is 12.0. The minimum atomic E-state index is 0.997. The molecule has 50 heavy (non-hydrogen) atoms. The minimum Gasteiger partial charge on any atom is -0.456 e. The second kappa shape index (κ2) is 11.0. The van der Waals surface area contributed by atoms with Crippen LogP contribution in [0.15, 0.2) is 120 Å². The molecule has 238 valence electrons. The minimum absolute atomic E-state index is 0.997. The van der Waals surface area contributed by atoms with Crippen molar-refractivity contribution in [1.29, 1.82) is 0 Å². The number of hydrogen-bond donors (Lipinski definition) is 0. The molecule has 0 radical (unpaired) electrons. The highest BCUT2D eigenvalue weighted by atomic mass is 32.1. The van der Waals surface area contributed by atoms with Crippen LogP contribution in [0.5, 0.6) is 0 Å². The SMILES string of the molecule is C1=CCCC(c2c3c(c(-c4cccc(-c5ccc6sc7ccc8cc9c%10c(oc9cc8c7c6c5)C=CCC%10)c4)c4ccccc24)=CCCC=3)=C1. The molecule has 11 rings (SSSR count). The Kier molecular flexibility index (Phi) is 6.27. The average Bonchev–Trinajstić information content (AvgIpc) is 3.74. The molecule has 2 heteroatoms. The molecule has 1 nitrogen and oxygen atoms in total. The predicted molar refractivity (Wildman–Crippen MR) is 216 cm³/mol. The van der Waals surface area contributed by atoms with E-state index in [4.69, 9.17) is 4.42 Å². The summed E-state index contributed by atoms with van der Waals surface area (Å²) in [6.45, 7) is 0. The second-order valence-corrected chi connectivity index (χ2v) is 15.1. The van der Waals surface area contributed by atoms with Gasteiger partial charge in [0.2, 0.25) is 0 Å². The normalized spacial score (nSPS) is 15.4. The molecule has 0 atom stereocenters. The average molecular weight is 659 g/mol. The summed E-state index contributed by atoms with van der Waals surface area (Å²) in [7, 11) is 0. The number of aryl methyl sites for hydroxylation is 1. The fraction of sp³-hybridized carbons (Fsp3) is 0.125. The molecule has 0 saturated carbocycles. The Morgan fingerprint density at radius 2 is 1.36 bits per heavy atom. The monoisotopic (exact) mass is 658 g/mol. The van der Waals surface area contributed by atoms with Gasteiger partial charge in [0.25, 0.3) is 0 Å². The maximum Gasteiger partial charge on any atom is 0.135 e. The van der Waals surface area contributed by atoms with Gasteiger partial charge in [-0.3, -0.25) is 0 Å². The third kappa shape index (κ3) is 4.25. The number of furan rings is 1. The van der Waals surface area contributed by atoms with E-state index in [0.717, 1.165) is 49.9 Å². The van der Waals surface area contributed by atoms with Crippen molar-refractivity contribution >= 4 is 87.8 Å². The van der Waals surface area contributed by atoms with Gasteiger partial charge in [0.15, 0.2) is 0 Å². The number of rotatable bonds is 3. The molecule has 0 bridgehead atoms. The Morgan fingerprint density at radius 3 is 2.24 bits per heavy atom. The molecule has 2 heterocycles. The first-order valence-corrected chi connectivity index (χ1v) is 18.8. The van der Waals surface area contributed by atoms with Gasteiger partial charge in [0.05, 0.1) is 0 Å². The quantitative estimate of drug-likeness (QED) is 0.184. The summed E-state index contributed by atoms with van der Waals surface area (Å²) in [5.74, 6) is 1.03. The van der Waals surface area contributed by atoms with Crippen molar-refractivity contribution in [2.24, 2.45) is 0 Å². The van der Waals surface area contributed by atoms with Crippen LogP contribution in [-0.2, 0) is 6.42 Å².